The first-order valence-corrected chi connectivity index (χ1v) is 9.56. The number of hydrogen-bond acceptors (Lipinski definition) is 4. The third kappa shape index (κ3) is 3.04. The Balaban J connectivity index is 1.64. The largest absolute Gasteiger partial charge is 0.324 e. The van der Waals surface area contributed by atoms with Crippen LogP contribution < -0.4 is 10.9 Å². The summed E-state index contributed by atoms with van der Waals surface area (Å²) in [5, 5.41) is 3.78. The first kappa shape index (κ1) is 16.9. The Morgan fingerprint density at radius 3 is 2.88 bits per heavy atom. The van der Waals surface area contributed by atoms with E-state index < -0.39 is 0 Å². The standard InChI is InChI=1S/C19H14BrN3O2S/c1-11-6-7-14(13(20)8-11)22-16(24)9-23-10-21-17-12-4-2-3-5-15(12)26-18(17)19(23)25/h2-8,10H,9H2,1H3,(H,22,24). The van der Waals surface area contributed by atoms with Crippen LogP contribution in [0.2, 0.25) is 0 Å². The number of carbonyl (C=O) groups excluding carboxylic acids is 1. The van der Waals surface area contributed by atoms with E-state index in [1.54, 1.807) is 0 Å². The van der Waals surface area contributed by atoms with Gasteiger partial charge in [-0.1, -0.05) is 24.3 Å². The molecule has 130 valence electrons. The summed E-state index contributed by atoms with van der Waals surface area (Å²) in [6.45, 7) is 1.89. The number of hydrogen-bond donors (Lipinski definition) is 1. The second-order valence-electron chi connectivity index (χ2n) is 5.99. The molecule has 0 spiro atoms. The summed E-state index contributed by atoms with van der Waals surface area (Å²) >= 11 is 4.84. The molecule has 0 aliphatic rings. The van der Waals surface area contributed by atoms with Gasteiger partial charge in [0.05, 0.1) is 17.5 Å². The second-order valence-corrected chi connectivity index (χ2v) is 7.89. The molecular formula is C19H14BrN3O2S. The van der Waals surface area contributed by atoms with Gasteiger partial charge < -0.3 is 5.32 Å². The maximum Gasteiger partial charge on any atom is 0.271 e. The van der Waals surface area contributed by atoms with E-state index in [-0.39, 0.29) is 18.0 Å². The number of benzene rings is 2. The number of thiophene rings is 1. The molecule has 4 aromatic rings. The minimum atomic E-state index is -0.279. The molecule has 0 aliphatic heterocycles. The average molecular weight is 428 g/mol. The van der Waals surface area contributed by atoms with Crippen molar-refractivity contribution in [1.29, 1.82) is 0 Å². The van der Waals surface area contributed by atoms with Gasteiger partial charge in [-0.25, -0.2) is 4.98 Å². The molecule has 0 bridgehead atoms. The van der Waals surface area contributed by atoms with Crippen LogP contribution in [-0.4, -0.2) is 15.5 Å². The van der Waals surface area contributed by atoms with Crippen molar-refractivity contribution in [1.82, 2.24) is 9.55 Å². The van der Waals surface area contributed by atoms with Crippen molar-refractivity contribution >= 4 is 59.2 Å². The van der Waals surface area contributed by atoms with Crippen molar-refractivity contribution in [3.63, 3.8) is 0 Å². The van der Waals surface area contributed by atoms with E-state index >= 15 is 0 Å². The summed E-state index contributed by atoms with van der Waals surface area (Å²) in [7, 11) is 0. The minimum Gasteiger partial charge on any atom is -0.324 e. The Morgan fingerprint density at radius 2 is 2.08 bits per heavy atom. The number of rotatable bonds is 3. The predicted molar refractivity (Wildman–Crippen MR) is 109 cm³/mol. The summed E-state index contributed by atoms with van der Waals surface area (Å²) < 4.78 is 3.72. The van der Waals surface area contributed by atoms with Crippen LogP contribution in [0.4, 0.5) is 5.69 Å². The fraction of sp³-hybridized carbons (Fsp3) is 0.105. The molecule has 0 fully saturated rings. The van der Waals surface area contributed by atoms with E-state index in [4.69, 9.17) is 0 Å². The summed E-state index contributed by atoms with van der Waals surface area (Å²) in [6.07, 6.45) is 1.44. The van der Waals surface area contributed by atoms with Crippen LogP contribution in [-0.2, 0) is 11.3 Å². The van der Waals surface area contributed by atoms with Crippen molar-refractivity contribution < 1.29 is 4.79 Å². The van der Waals surface area contributed by atoms with Crippen LogP contribution in [0.25, 0.3) is 20.3 Å². The molecule has 4 rings (SSSR count). The zero-order valence-corrected chi connectivity index (χ0v) is 16.2. The highest BCUT2D eigenvalue weighted by atomic mass is 79.9. The fourth-order valence-electron chi connectivity index (χ4n) is 2.79. The van der Waals surface area contributed by atoms with Crippen LogP contribution in [0.15, 0.2) is 58.1 Å². The molecular weight excluding hydrogens is 414 g/mol. The van der Waals surface area contributed by atoms with Gasteiger partial charge in [0.25, 0.3) is 5.56 Å². The number of nitrogens with one attached hydrogen (secondary N) is 1. The molecule has 0 saturated heterocycles. The Morgan fingerprint density at radius 1 is 1.27 bits per heavy atom. The number of carbonyl (C=O) groups is 1. The summed E-state index contributed by atoms with van der Waals surface area (Å²) in [6, 6.07) is 13.4. The highest BCUT2D eigenvalue weighted by Crippen LogP contribution is 2.29. The molecule has 5 nitrogen and oxygen atoms in total. The molecule has 0 saturated carbocycles. The van der Waals surface area contributed by atoms with E-state index in [0.29, 0.717) is 15.9 Å². The molecule has 7 heteroatoms. The predicted octanol–water partition coefficient (Wildman–Crippen LogP) is 4.32. The smallest absolute Gasteiger partial charge is 0.271 e. The number of fused-ring (bicyclic) bond motifs is 3. The first-order chi connectivity index (χ1) is 12.5. The molecule has 2 aromatic heterocycles. The van der Waals surface area contributed by atoms with Gasteiger partial charge >= 0.3 is 0 Å². The number of amides is 1. The lowest BCUT2D eigenvalue weighted by Gasteiger charge is -2.09. The number of aromatic nitrogens is 2. The van der Waals surface area contributed by atoms with Crippen LogP contribution in [0.5, 0.6) is 0 Å². The van der Waals surface area contributed by atoms with Crippen LogP contribution in [0.3, 0.4) is 0 Å². The van der Waals surface area contributed by atoms with Crippen molar-refractivity contribution in [3.05, 3.63) is 69.2 Å². The van der Waals surface area contributed by atoms with Gasteiger partial charge in [0.2, 0.25) is 5.91 Å². The number of anilines is 1. The lowest BCUT2D eigenvalue weighted by Crippen LogP contribution is -2.27. The molecule has 0 atom stereocenters. The summed E-state index contributed by atoms with van der Waals surface area (Å²) in [5.41, 5.74) is 2.25. The Labute approximate surface area is 161 Å². The van der Waals surface area contributed by atoms with Crippen molar-refractivity contribution in [2.75, 3.05) is 5.32 Å². The monoisotopic (exact) mass is 427 g/mol. The van der Waals surface area contributed by atoms with Crippen molar-refractivity contribution in [2.45, 2.75) is 13.5 Å². The zero-order valence-electron chi connectivity index (χ0n) is 13.8. The van der Waals surface area contributed by atoms with Crippen LogP contribution in [0.1, 0.15) is 5.56 Å². The van der Waals surface area contributed by atoms with E-state index in [2.05, 4.69) is 26.2 Å². The molecule has 2 heterocycles. The average Bonchev–Trinajstić information content (AvgIpc) is 2.99. The summed E-state index contributed by atoms with van der Waals surface area (Å²) in [4.78, 5) is 29.5. The van der Waals surface area contributed by atoms with Gasteiger partial charge in [0, 0.05) is 14.6 Å². The van der Waals surface area contributed by atoms with Crippen LogP contribution >= 0.6 is 27.3 Å². The molecule has 2 aromatic carbocycles. The highest BCUT2D eigenvalue weighted by molar-refractivity contribution is 9.10. The fourth-order valence-corrected chi connectivity index (χ4v) is 4.49. The van der Waals surface area contributed by atoms with Crippen molar-refractivity contribution in [2.24, 2.45) is 0 Å². The van der Waals surface area contributed by atoms with Gasteiger partial charge in [-0.15, -0.1) is 11.3 Å². The lowest BCUT2D eigenvalue weighted by molar-refractivity contribution is -0.116. The van der Waals surface area contributed by atoms with E-state index in [9.17, 15) is 9.59 Å². The van der Waals surface area contributed by atoms with Gasteiger partial charge in [0.15, 0.2) is 0 Å². The van der Waals surface area contributed by atoms with Gasteiger partial charge in [-0.05, 0) is 46.6 Å². The Kier molecular flexibility index (Phi) is 4.34. The highest BCUT2D eigenvalue weighted by Gasteiger charge is 2.13. The van der Waals surface area contributed by atoms with Gasteiger partial charge in [0.1, 0.15) is 11.2 Å². The van der Waals surface area contributed by atoms with Crippen molar-refractivity contribution in [3.8, 4) is 0 Å². The lowest BCUT2D eigenvalue weighted by atomic mass is 10.2. The maximum absolute atomic E-state index is 12.7. The quantitative estimate of drug-likeness (QED) is 0.529. The minimum absolute atomic E-state index is 0.0870. The Hall–Kier alpha value is -2.51. The maximum atomic E-state index is 12.7. The van der Waals surface area contributed by atoms with Gasteiger partial charge in [-0.3, -0.25) is 14.2 Å². The van der Waals surface area contributed by atoms with E-state index in [1.807, 2.05) is 49.4 Å². The first-order valence-electron chi connectivity index (χ1n) is 7.95. The summed E-state index contributed by atoms with van der Waals surface area (Å²) in [5.74, 6) is -0.279. The SMILES string of the molecule is Cc1ccc(NC(=O)Cn2cnc3c(sc4ccccc43)c2=O)c(Br)c1. The molecule has 0 aliphatic carbocycles. The molecule has 26 heavy (non-hydrogen) atoms. The number of halogens is 1. The third-order valence-electron chi connectivity index (χ3n) is 4.06. The third-order valence-corrected chi connectivity index (χ3v) is 5.87. The van der Waals surface area contributed by atoms with Crippen LogP contribution in [0, 0.1) is 6.92 Å². The van der Waals surface area contributed by atoms with Gasteiger partial charge in [-0.2, -0.15) is 0 Å². The Bertz CT molecular complexity index is 1210. The number of nitrogens with zero attached hydrogens (tertiary/aromatic N) is 2. The molecule has 1 N–H and O–H groups in total. The molecule has 1 amide bonds. The number of aryl methyl sites for hydroxylation is 1. The second kappa shape index (κ2) is 6.66. The zero-order chi connectivity index (χ0) is 18.3. The molecule has 0 unspecified atom stereocenters. The van der Waals surface area contributed by atoms with E-state index in [0.717, 1.165) is 20.1 Å². The molecule has 0 radical (unpaired) electrons. The topological polar surface area (TPSA) is 64.0 Å². The van der Waals surface area contributed by atoms with E-state index in [1.165, 1.54) is 22.2 Å². The normalized spacial score (nSPS) is 11.2.